The topological polar surface area (TPSA) is 84.2 Å². The Bertz CT molecular complexity index is 469. The number of carbonyl (C=O) groups excluding carboxylic acids is 1. The van der Waals surface area contributed by atoms with Crippen molar-refractivity contribution in [3.05, 3.63) is 17.5 Å². The van der Waals surface area contributed by atoms with Gasteiger partial charge < -0.3 is 10.4 Å². The van der Waals surface area contributed by atoms with Gasteiger partial charge in [0.2, 0.25) is 0 Å². The molecule has 1 aliphatic rings. The Balaban J connectivity index is 1.98. The standard InChI is InChI=1S/C12H17N3O3/c1-8-6-9(14-15(8)2)10(16)13-7-12(11(17)18)4-3-5-12/h6H,3-5,7H2,1-2H3,(H,13,16)(H,17,18). The fourth-order valence-corrected chi connectivity index (χ4v) is 2.08. The maximum absolute atomic E-state index is 11.8. The van der Waals surface area contributed by atoms with Crippen LogP contribution < -0.4 is 5.32 Å². The van der Waals surface area contributed by atoms with Gasteiger partial charge in [0, 0.05) is 19.3 Å². The summed E-state index contributed by atoms with van der Waals surface area (Å²) in [6.07, 6.45) is 2.17. The molecule has 98 valence electrons. The van der Waals surface area contributed by atoms with Crippen LogP contribution >= 0.6 is 0 Å². The minimum absolute atomic E-state index is 0.177. The first-order valence-corrected chi connectivity index (χ1v) is 5.97. The Hall–Kier alpha value is -1.85. The molecule has 1 amide bonds. The van der Waals surface area contributed by atoms with Gasteiger partial charge in [-0.2, -0.15) is 5.10 Å². The van der Waals surface area contributed by atoms with Crippen molar-refractivity contribution < 1.29 is 14.7 Å². The zero-order chi connectivity index (χ0) is 13.3. The minimum atomic E-state index is -0.828. The molecule has 0 spiro atoms. The Kier molecular flexibility index (Phi) is 3.11. The van der Waals surface area contributed by atoms with Crippen molar-refractivity contribution in [2.24, 2.45) is 12.5 Å². The minimum Gasteiger partial charge on any atom is -0.481 e. The number of hydrogen-bond donors (Lipinski definition) is 2. The molecule has 0 unspecified atom stereocenters. The molecule has 2 N–H and O–H groups in total. The van der Waals surface area contributed by atoms with Crippen LogP contribution in [0.1, 0.15) is 35.4 Å². The van der Waals surface area contributed by atoms with Crippen molar-refractivity contribution in [3.8, 4) is 0 Å². The first kappa shape index (κ1) is 12.6. The fraction of sp³-hybridized carbons (Fsp3) is 0.583. The SMILES string of the molecule is Cc1cc(C(=O)NCC2(C(=O)O)CCC2)nn1C. The van der Waals surface area contributed by atoms with E-state index in [4.69, 9.17) is 5.11 Å². The van der Waals surface area contributed by atoms with Crippen LogP contribution in [0.15, 0.2) is 6.07 Å². The third-order valence-corrected chi connectivity index (χ3v) is 3.70. The van der Waals surface area contributed by atoms with E-state index in [1.54, 1.807) is 17.8 Å². The lowest BCUT2D eigenvalue weighted by atomic mass is 9.69. The van der Waals surface area contributed by atoms with E-state index in [1.807, 2.05) is 6.92 Å². The van der Waals surface area contributed by atoms with Crippen LogP contribution in [0, 0.1) is 12.3 Å². The maximum atomic E-state index is 11.8. The molecule has 0 aliphatic heterocycles. The van der Waals surface area contributed by atoms with E-state index in [-0.39, 0.29) is 12.5 Å². The molecule has 0 atom stereocenters. The monoisotopic (exact) mass is 251 g/mol. The summed E-state index contributed by atoms with van der Waals surface area (Å²) in [6, 6.07) is 1.68. The van der Waals surface area contributed by atoms with Gasteiger partial charge in [0.15, 0.2) is 0 Å². The predicted octanol–water partition coefficient (Wildman–Crippen LogP) is 0.713. The second-order valence-electron chi connectivity index (χ2n) is 4.92. The van der Waals surface area contributed by atoms with Crippen LogP contribution in [-0.4, -0.2) is 33.3 Å². The lowest BCUT2D eigenvalue weighted by Crippen LogP contribution is -2.47. The Labute approximate surface area is 105 Å². The Morgan fingerprint density at radius 3 is 2.61 bits per heavy atom. The number of rotatable bonds is 4. The zero-order valence-corrected chi connectivity index (χ0v) is 10.6. The van der Waals surface area contributed by atoms with Gasteiger partial charge in [-0.1, -0.05) is 6.42 Å². The van der Waals surface area contributed by atoms with Crippen molar-refractivity contribution in [2.45, 2.75) is 26.2 Å². The number of hydrogen-bond acceptors (Lipinski definition) is 3. The van der Waals surface area contributed by atoms with Crippen LogP contribution in [0.3, 0.4) is 0 Å². The van der Waals surface area contributed by atoms with Gasteiger partial charge in [-0.15, -0.1) is 0 Å². The van der Waals surface area contributed by atoms with Gasteiger partial charge in [-0.05, 0) is 25.8 Å². The van der Waals surface area contributed by atoms with Crippen molar-refractivity contribution in [1.29, 1.82) is 0 Å². The molecule has 0 bridgehead atoms. The van der Waals surface area contributed by atoms with Gasteiger partial charge in [-0.3, -0.25) is 14.3 Å². The molecule has 0 saturated heterocycles. The van der Waals surface area contributed by atoms with E-state index in [2.05, 4.69) is 10.4 Å². The van der Waals surface area contributed by atoms with Crippen molar-refractivity contribution >= 4 is 11.9 Å². The highest BCUT2D eigenvalue weighted by Crippen LogP contribution is 2.40. The highest BCUT2D eigenvalue weighted by molar-refractivity contribution is 5.92. The van der Waals surface area contributed by atoms with Crippen LogP contribution in [0.2, 0.25) is 0 Å². The number of nitrogens with one attached hydrogen (secondary N) is 1. The number of carboxylic acids is 1. The number of amides is 1. The average molecular weight is 251 g/mol. The lowest BCUT2D eigenvalue weighted by molar-refractivity contribution is -0.153. The van der Waals surface area contributed by atoms with Crippen LogP contribution in [0.4, 0.5) is 0 Å². The lowest BCUT2D eigenvalue weighted by Gasteiger charge is -2.37. The van der Waals surface area contributed by atoms with Gasteiger partial charge in [0.25, 0.3) is 5.91 Å². The molecule has 1 saturated carbocycles. The molecule has 2 rings (SSSR count). The predicted molar refractivity (Wildman–Crippen MR) is 64.2 cm³/mol. The summed E-state index contributed by atoms with van der Waals surface area (Å²) < 4.78 is 1.62. The zero-order valence-electron chi connectivity index (χ0n) is 10.6. The molecule has 1 heterocycles. The van der Waals surface area contributed by atoms with Gasteiger partial charge in [0.05, 0.1) is 5.41 Å². The molecular formula is C12H17N3O3. The third-order valence-electron chi connectivity index (χ3n) is 3.70. The summed E-state index contributed by atoms with van der Waals surface area (Å²) in [4.78, 5) is 23.0. The van der Waals surface area contributed by atoms with Crippen molar-refractivity contribution in [3.63, 3.8) is 0 Å². The second-order valence-corrected chi connectivity index (χ2v) is 4.92. The Morgan fingerprint density at radius 2 is 2.22 bits per heavy atom. The van der Waals surface area contributed by atoms with E-state index < -0.39 is 11.4 Å². The molecule has 18 heavy (non-hydrogen) atoms. The highest BCUT2D eigenvalue weighted by atomic mass is 16.4. The molecule has 6 heteroatoms. The van der Waals surface area contributed by atoms with Crippen LogP contribution in [0.5, 0.6) is 0 Å². The van der Waals surface area contributed by atoms with Crippen LogP contribution in [0.25, 0.3) is 0 Å². The van der Waals surface area contributed by atoms with E-state index in [0.29, 0.717) is 18.5 Å². The van der Waals surface area contributed by atoms with E-state index in [1.165, 1.54) is 0 Å². The number of carbonyl (C=O) groups is 2. The first-order chi connectivity index (χ1) is 8.44. The normalized spacial score (nSPS) is 17.0. The van der Waals surface area contributed by atoms with E-state index >= 15 is 0 Å². The smallest absolute Gasteiger partial charge is 0.311 e. The van der Waals surface area contributed by atoms with E-state index in [0.717, 1.165) is 12.1 Å². The Morgan fingerprint density at radius 1 is 1.56 bits per heavy atom. The number of aliphatic carboxylic acids is 1. The average Bonchev–Trinajstić information content (AvgIpc) is 2.57. The molecular weight excluding hydrogens is 234 g/mol. The highest BCUT2D eigenvalue weighted by Gasteiger charge is 2.44. The van der Waals surface area contributed by atoms with E-state index in [9.17, 15) is 9.59 Å². The summed E-state index contributed by atoms with van der Waals surface area (Å²) in [5.41, 5.74) is 0.450. The number of nitrogens with zero attached hydrogens (tertiary/aromatic N) is 2. The largest absolute Gasteiger partial charge is 0.481 e. The van der Waals surface area contributed by atoms with Gasteiger partial charge in [-0.25, -0.2) is 0 Å². The van der Waals surface area contributed by atoms with Gasteiger partial charge in [0.1, 0.15) is 5.69 Å². The molecule has 6 nitrogen and oxygen atoms in total. The quantitative estimate of drug-likeness (QED) is 0.825. The molecule has 1 aromatic heterocycles. The third kappa shape index (κ3) is 2.10. The summed E-state index contributed by atoms with van der Waals surface area (Å²) in [5.74, 6) is -1.14. The number of aromatic nitrogens is 2. The molecule has 0 radical (unpaired) electrons. The number of aryl methyl sites for hydroxylation is 2. The summed E-state index contributed by atoms with van der Waals surface area (Å²) in [6.45, 7) is 2.03. The summed E-state index contributed by atoms with van der Waals surface area (Å²) in [7, 11) is 1.76. The molecule has 1 fully saturated rings. The second kappa shape index (κ2) is 4.44. The van der Waals surface area contributed by atoms with Crippen molar-refractivity contribution in [1.82, 2.24) is 15.1 Å². The molecule has 0 aromatic carbocycles. The summed E-state index contributed by atoms with van der Waals surface area (Å²) in [5, 5.41) is 15.9. The van der Waals surface area contributed by atoms with Crippen LogP contribution in [-0.2, 0) is 11.8 Å². The number of carboxylic acid groups (broad SMARTS) is 1. The fourth-order valence-electron chi connectivity index (χ4n) is 2.08. The van der Waals surface area contributed by atoms with Gasteiger partial charge >= 0.3 is 5.97 Å². The molecule has 1 aromatic rings. The maximum Gasteiger partial charge on any atom is 0.311 e. The summed E-state index contributed by atoms with van der Waals surface area (Å²) >= 11 is 0. The molecule has 1 aliphatic carbocycles. The first-order valence-electron chi connectivity index (χ1n) is 5.97. The van der Waals surface area contributed by atoms with Crippen molar-refractivity contribution in [2.75, 3.05) is 6.54 Å².